The van der Waals surface area contributed by atoms with Gasteiger partial charge >= 0.3 is 0 Å². The van der Waals surface area contributed by atoms with E-state index in [1.54, 1.807) is 36.4 Å². The summed E-state index contributed by atoms with van der Waals surface area (Å²) in [5, 5.41) is 12.3. The van der Waals surface area contributed by atoms with Crippen molar-refractivity contribution >= 4 is 34.0 Å². The second-order valence-electron chi connectivity index (χ2n) is 7.92. The van der Waals surface area contributed by atoms with Crippen molar-refractivity contribution in [3.63, 3.8) is 0 Å². The number of methoxy groups -OCH3 is 1. The van der Waals surface area contributed by atoms with E-state index in [0.717, 1.165) is 16.5 Å². The molecule has 0 aliphatic carbocycles. The number of rotatable bonds is 4. The minimum Gasteiger partial charge on any atom is -0.507 e. The summed E-state index contributed by atoms with van der Waals surface area (Å²) in [5.74, 6) is -1.27. The number of para-hydroxylation sites is 3. The second kappa shape index (κ2) is 7.98. The molecule has 2 heterocycles. The van der Waals surface area contributed by atoms with Crippen molar-refractivity contribution in [3.05, 3.63) is 102 Å². The van der Waals surface area contributed by atoms with E-state index in [4.69, 9.17) is 4.74 Å². The van der Waals surface area contributed by atoms with Gasteiger partial charge < -0.3 is 14.4 Å². The lowest BCUT2D eigenvalue weighted by Crippen LogP contribution is -2.29. The van der Waals surface area contributed by atoms with Gasteiger partial charge in [0.15, 0.2) is 0 Å². The topological polar surface area (TPSA) is 71.8 Å². The highest BCUT2D eigenvalue weighted by Crippen LogP contribution is 2.45. The predicted molar refractivity (Wildman–Crippen MR) is 127 cm³/mol. The monoisotopic (exact) mass is 438 g/mol. The Morgan fingerprint density at radius 1 is 0.909 bits per heavy atom. The number of nitrogens with zero attached hydrogens (tertiary/aromatic N) is 2. The summed E-state index contributed by atoms with van der Waals surface area (Å²) < 4.78 is 7.36. The van der Waals surface area contributed by atoms with Gasteiger partial charge in [0.1, 0.15) is 11.5 Å². The number of hydrogen-bond acceptors (Lipinski definition) is 4. The minimum atomic E-state index is -0.802. The van der Waals surface area contributed by atoms with Crippen LogP contribution in [0.5, 0.6) is 5.75 Å². The Morgan fingerprint density at radius 3 is 2.33 bits per heavy atom. The number of aliphatic hydroxyl groups is 1. The molecule has 0 spiro atoms. The maximum Gasteiger partial charge on any atom is 0.300 e. The number of aryl methyl sites for hydroxylation is 1. The molecule has 33 heavy (non-hydrogen) atoms. The SMILES string of the molecule is COc1ccccc1/C(O)=C1\C(=O)C(=O)N(c2ccccc2)C1c1cn(C)c2ccccc12. The summed E-state index contributed by atoms with van der Waals surface area (Å²) in [7, 11) is 3.41. The van der Waals surface area contributed by atoms with Crippen LogP contribution in [0.4, 0.5) is 5.69 Å². The van der Waals surface area contributed by atoms with Gasteiger partial charge in [0, 0.05) is 35.4 Å². The van der Waals surface area contributed by atoms with E-state index in [-0.39, 0.29) is 11.3 Å². The summed E-state index contributed by atoms with van der Waals surface area (Å²) in [4.78, 5) is 28.2. The Bertz CT molecular complexity index is 1420. The maximum absolute atomic E-state index is 13.4. The Hall–Kier alpha value is -4.32. The van der Waals surface area contributed by atoms with Gasteiger partial charge in [0.05, 0.1) is 24.3 Å². The number of ketones is 1. The lowest BCUT2D eigenvalue weighted by molar-refractivity contribution is -0.132. The molecule has 3 aromatic carbocycles. The summed E-state index contributed by atoms with van der Waals surface area (Å²) >= 11 is 0. The molecule has 1 amide bonds. The van der Waals surface area contributed by atoms with Gasteiger partial charge in [-0.15, -0.1) is 0 Å². The number of hydrogen-bond donors (Lipinski definition) is 1. The molecule has 164 valence electrons. The molecule has 1 aliphatic heterocycles. The van der Waals surface area contributed by atoms with Gasteiger partial charge in [0.25, 0.3) is 11.7 Å². The maximum atomic E-state index is 13.4. The fourth-order valence-corrected chi connectivity index (χ4v) is 4.56. The normalized spacial score (nSPS) is 17.6. The largest absolute Gasteiger partial charge is 0.507 e. The number of benzene rings is 3. The molecule has 1 aromatic heterocycles. The standard InChI is InChI=1S/C27H22N2O4/c1-28-16-20(18-12-6-8-14-21(18)28)24-23(25(30)19-13-7-9-15-22(19)33-2)26(31)27(32)29(24)17-10-4-3-5-11-17/h3-16,24,30H,1-2H3/b25-23+. The van der Waals surface area contributed by atoms with Gasteiger partial charge in [-0.25, -0.2) is 0 Å². The van der Waals surface area contributed by atoms with Gasteiger partial charge in [-0.05, 0) is 30.3 Å². The van der Waals surface area contributed by atoms with Crippen LogP contribution < -0.4 is 9.64 Å². The highest BCUT2D eigenvalue weighted by atomic mass is 16.5. The van der Waals surface area contributed by atoms with Gasteiger partial charge in [-0.3, -0.25) is 14.5 Å². The summed E-state index contributed by atoms with van der Waals surface area (Å²) in [6.45, 7) is 0. The number of amides is 1. The minimum absolute atomic E-state index is 0.0321. The van der Waals surface area contributed by atoms with E-state index in [0.29, 0.717) is 17.0 Å². The van der Waals surface area contributed by atoms with Gasteiger partial charge in [-0.1, -0.05) is 48.5 Å². The zero-order valence-corrected chi connectivity index (χ0v) is 18.2. The first-order valence-electron chi connectivity index (χ1n) is 10.6. The number of carbonyl (C=O) groups is 2. The molecule has 0 saturated carbocycles. The number of carbonyl (C=O) groups excluding carboxylic acids is 2. The van der Waals surface area contributed by atoms with Crippen molar-refractivity contribution in [2.75, 3.05) is 12.0 Å². The van der Waals surface area contributed by atoms with Crippen LogP contribution in [0.15, 0.2) is 90.6 Å². The fraction of sp³-hybridized carbons (Fsp3) is 0.111. The number of aromatic nitrogens is 1. The lowest BCUT2D eigenvalue weighted by atomic mass is 9.94. The summed E-state index contributed by atoms with van der Waals surface area (Å²) in [6, 6.07) is 22.9. The molecule has 1 N–H and O–H groups in total. The summed E-state index contributed by atoms with van der Waals surface area (Å²) in [6.07, 6.45) is 1.91. The molecule has 4 aromatic rings. The van der Waals surface area contributed by atoms with Crippen molar-refractivity contribution in [1.29, 1.82) is 0 Å². The van der Waals surface area contributed by atoms with Crippen molar-refractivity contribution in [1.82, 2.24) is 4.57 Å². The number of aliphatic hydroxyl groups excluding tert-OH is 1. The number of anilines is 1. The Kier molecular flexibility index (Phi) is 4.98. The quantitative estimate of drug-likeness (QED) is 0.282. The van der Waals surface area contributed by atoms with E-state index in [9.17, 15) is 14.7 Å². The number of ether oxygens (including phenoxy) is 1. The van der Waals surface area contributed by atoms with Crippen LogP contribution in [0, 0.1) is 0 Å². The molecule has 6 heteroatoms. The van der Waals surface area contributed by atoms with Crippen molar-refractivity contribution in [2.45, 2.75) is 6.04 Å². The van der Waals surface area contributed by atoms with Crippen molar-refractivity contribution < 1.29 is 19.4 Å². The Labute approximate surface area is 190 Å². The van der Waals surface area contributed by atoms with Crippen molar-refractivity contribution in [2.24, 2.45) is 7.05 Å². The smallest absolute Gasteiger partial charge is 0.300 e. The molecule has 1 aliphatic rings. The van der Waals surface area contributed by atoms with E-state index in [1.807, 2.05) is 60.3 Å². The average Bonchev–Trinajstić information content (AvgIpc) is 3.32. The third-order valence-corrected chi connectivity index (χ3v) is 6.06. The first-order valence-corrected chi connectivity index (χ1v) is 10.6. The highest BCUT2D eigenvalue weighted by Gasteiger charge is 2.48. The molecule has 0 radical (unpaired) electrons. The zero-order valence-electron chi connectivity index (χ0n) is 18.2. The molecule has 1 atom stereocenters. The fourth-order valence-electron chi connectivity index (χ4n) is 4.56. The molecular weight excluding hydrogens is 416 g/mol. The van der Waals surface area contributed by atoms with E-state index < -0.39 is 17.7 Å². The third-order valence-electron chi connectivity index (χ3n) is 6.06. The Morgan fingerprint density at radius 2 is 1.58 bits per heavy atom. The molecule has 1 fully saturated rings. The van der Waals surface area contributed by atoms with E-state index in [2.05, 4.69) is 0 Å². The van der Waals surface area contributed by atoms with Crippen LogP contribution in [0.2, 0.25) is 0 Å². The van der Waals surface area contributed by atoms with Crippen LogP contribution in [-0.4, -0.2) is 28.5 Å². The van der Waals surface area contributed by atoms with Crippen LogP contribution in [-0.2, 0) is 16.6 Å². The van der Waals surface area contributed by atoms with Crippen LogP contribution in [0.25, 0.3) is 16.7 Å². The molecule has 1 unspecified atom stereocenters. The van der Waals surface area contributed by atoms with E-state index in [1.165, 1.54) is 12.0 Å². The van der Waals surface area contributed by atoms with E-state index >= 15 is 0 Å². The first-order chi connectivity index (χ1) is 16.0. The molecule has 1 saturated heterocycles. The van der Waals surface area contributed by atoms with Crippen LogP contribution >= 0.6 is 0 Å². The number of Topliss-reactive ketones (excluding diaryl/α,β-unsaturated/α-hetero) is 1. The van der Waals surface area contributed by atoms with Crippen LogP contribution in [0.3, 0.4) is 0 Å². The molecule has 0 bridgehead atoms. The lowest BCUT2D eigenvalue weighted by Gasteiger charge is -2.25. The summed E-state index contributed by atoms with van der Waals surface area (Å²) in [5.41, 5.74) is 2.69. The molecule has 5 rings (SSSR count). The van der Waals surface area contributed by atoms with Crippen molar-refractivity contribution in [3.8, 4) is 5.75 Å². The second-order valence-corrected chi connectivity index (χ2v) is 7.92. The average molecular weight is 438 g/mol. The Balaban J connectivity index is 1.83. The predicted octanol–water partition coefficient (Wildman–Crippen LogP) is 4.81. The zero-order chi connectivity index (χ0) is 23.1. The highest BCUT2D eigenvalue weighted by molar-refractivity contribution is 6.52. The molecular formula is C27H22N2O4. The molecule has 6 nitrogen and oxygen atoms in total. The van der Waals surface area contributed by atoms with Gasteiger partial charge in [0.2, 0.25) is 0 Å². The number of fused-ring (bicyclic) bond motifs is 1. The third kappa shape index (κ3) is 3.19. The first kappa shape index (κ1) is 20.6. The van der Waals surface area contributed by atoms with Crippen LogP contribution in [0.1, 0.15) is 17.2 Å². The van der Waals surface area contributed by atoms with Gasteiger partial charge in [-0.2, -0.15) is 0 Å².